The molecule has 0 spiro atoms. The summed E-state index contributed by atoms with van der Waals surface area (Å²) in [7, 11) is 1.26. The van der Waals surface area contributed by atoms with Gasteiger partial charge in [0.2, 0.25) is 5.91 Å². The van der Waals surface area contributed by atoms with Crippen molar-refractivity contribution in [3.05, 3.63) is 24.3 Å². The minimum absolute atomic E-state index is 0.00135. The summed E-state index contributed by atoms with van der Waals surface area (Å²) >= 11 is 0. The van der Waals surface area contributed by atoms with Crippen molar-refractivity contribution in [3.8, 4) is 0 Å². The van der Waals surface area contributed by atoms with Gasteiger partial charge in [0, 0.05) is 6.42 Å². The van der Waals surface area contributed by atoms with E-state index in [2.05, 4.69) is 31.3 Å². The molecule has 1 amide bonds. The number of unbranched alkanes of at least 4 members (excludes halogenated alkanes) is 34. The highest BCUT2D eigenvalue weighted by Crippen LogP contribution is 2.38. The fourth-order valence-electron chi connectivity index (χ4n) is 7.91. The number of hydrogen-bond acceptors (Lipinski definition) is 6. The van der Waals surface area contributed by atoms with Crippen molar-refractivity contribution in [2.45, 2.75) is 270 Å². The summed E-state index contributed by atoms with van der Waals surface area (Å²) in [5.74, 6) is -0.205. The molecule has 0 fully saturated rings. The number of carbonyl (C=O) groups excluding carboxylic acids is 1. The van der Waals surface area contributed by atoms with E-state index in [1.54, 1.807) is 6.08 Å². The molecule has 0 aromatic carbocycles. The average Bonchev–Trinajstić information content (AvgIpc) is 3.23. The molecule has 0 bridgehead atoms. The van der Waals surface area contributed by atoms with E-state index < -0.39 is 20.0 Å². The molecule has 0 saturated carbocycles. The van der Waals surface area contributed by atoms with Crippen LogP contribution in [0.15, 0.2) is 24.3 Å². The number of hydrogen-bond donors (Lipinski definition) is 2. The van der Waals surface area contributed by atoms with Crippen LogP contribution in [0.5, 0.6) is 0 Å². The highest BCUT2D eigenvalue weighted by atomic mass is 31.2. The first-order valence-corrected chi connectivity index (χ1v) is 28.2. The number of allylic oxidation sites excluding steroid dienone is 3. The van der Waals surface area contributed by atoms with Crippen molar-refractivity contribution in [1.29, 1.82) is 0 Å². The molecule has 0 aliphatic rings. The number of amides is 1. The van der Waals surface area contributed by atoms with Gasteiger partial charge in [-0.05, 0) is 44.9 Å². The SMILES string of the molecule is CCCCC/C=C\CCCCCCCC(=O)NC(COP(=O)([O-])OCC[N+](C)(C)C)C(O)/C=C/CCCCCCCCCCCCCCCCCCCCCCCCCCCC. The summed E-state index contributed by atoms with van der Waals surface area (Å²) in [6.45, 7) is 4.64. The zero-order valence-electron chi connectivity index (χ0n) is 41.8. The summed E-state index contributed by atoms with van der Waals surface area (Å²) in [6, 6.07) is -0.888. The standard InChI is InChI=1S/C53H105N2O6P/c1-6-8-10-12-14-16-18-20-21-22-23-24-25-26-27-28-29-30-31-32-33-34-35-36-38-40-42-44-46-52(56)51(50-61-62(58,59)60-49-48-55(3,4)5)54-53(57)47-45-43-41-39-37-19-17-15-13-11-9-7-2/h15,17,44,46,51-52,56H,6-14,16,18-43,45,47-50H2,1-5H3,(H-,54,57,58,59)/b17-15-,46-44+. The molecular formula is C53H105N2O6P. The first-order valence-electron chi connectivity index (χ1n) is 26.7. The number of likely N-dealkylation sites (N-methyl/N-ethyl adjacent to an activating group) is 1. The van der Waals surface area contributed by atoms with E-state index in [4.69, 9.17) is 9.05 Å². The van der Waals surface area contributed by atoms with Crippen LogP contribution in [0, 0.1) is 0 Å². The van der Waals surface area contributed by atoms with Crippen molar-refractivity contribution < 1.29 is 32.9 Å². The first kappa shape index (κ1) is 61.0. The number of phosphoric ester groups is 1. The third-order valence-corrected chi connectivity index (χ3v) is 13.1. The molecule has 0 saturated heterocycles. The van der Waals surface area contributed by atoms with E-state index in [1.165, 1.54) is 186 Å². The third-order valence-electron chi connectivity index (χ3n) is 12.2. The summed E-state index contributed by atoms with van der Waals surface area (Å²) in [6.07, 6.45) is 55.4. The molecule has 3 atom stereocenters. The van der Waals surface area contributed by atoms with Gasteiger partial charge >= 0.3 is 0 Å². The van der Waals surface area contributed by atoms with Gasteiger partial charge in [0.25, 0.3) is 7.82 Å². The lowest BCUT2D eigenvalue weighted by molar-refractivity contribution is -0.870. The van der Waals surface area contributed by atoms with E-state index in [0.29, 0.717) is 17.4 Å². The van der Waals surface area contributed by atoms with Crippen LogP contribution in [0.25, 0.3) is 0 Å². The van der Waals surface area contributed by atoms with Gasteiger partial charge in [0.1, 0.15) is 13.2 Å². The normalized spacial score (nSPS) is 14.2. The van der Waals surface area contributed by atoms with Gasteiger partial charge in [-0.2, -0.15) is 0 Å². The predicted molar refractivity (Wildman–Crippen MR) is 265 cm³/mol. The largest absolute Gasteiger partial charge is 0.756 e. The quantitative estimate of drug-likeness (QED) is 0.0273. The van der Waals surface area contributed by atoms with E-state index >= 15 is 0 Å². The van der Waals surface area contributed by atoms with Crippen LogP contribution in [0.4, 0.5) is 0 Å². The van der Waals surface area contributed by atoms with Gasteiger partial charge in [-0.1, -0.05) is 231 Å². The smallest absolute Gasteiger partial charge is 0.268 e. The number of carbonyl (C=O) groups is 1. The lowest BCUT2D eigenvalue weighted by Crippen LogP contribution is -2.45. The van der Waals surface area contributed by atoms with Crippen LogP contribution in [0.1, 0.15) is 258 Å². The lowest BCUT2D eigenvalue weighted by atomic mass is 10.0. The highest BCUT2D eigenvalue weighted by Gasteiger charge is 2.23. The number of aliphatic hydroxyl groups excluding tert-OH is 1. The van der Waals surface area contributed by atoms with Gasteiger partial charge in [0.05, 0.1) is 39.9 Å². The Morgan fingerprint density at radius 3 is 1.29 bits per heavy atom. The highest BCUT2D eigenvalue weighted by molar-refractivity contribution is 7.45. The fraction of sp³-hybridized carbons (Fsp3) is 0.906. The Labute approximate surface area is 385 Å². The number of phosphoric acid groups is 1. The predicted octanol–water partition coefficient (Wildman–Crippen LogP) is 15.0. The number of quaternary nitrogens is 1. The zero-order chi connectivity index (χ0) is 45.7. The number of rotatable bonds is 49. The summed E-state index contributed by atoms with van der Waals surface area (Å²) in [5.41, 5.74) is 0. The van der Waals surface area contributed by atoms with Crippen LogP contribution < -0.4 is 10.2 Å². The van der Waals surface area contributed by atoms with Crippen LogP contribution in [0.3, 0.4) is 0 Å². The Morgan fingerprint density at radius 2 is 0.887 bits per heavy atom. The van der Waals surface area contributed by atoms with Gasteiger partial charge in [0.15, 0.2) is 0 Å². The Bertz CT molecular complexity index is 1060. The van der Waals surface area contributed by atoms with E-state index in [9.17, 15) is 19.4 Å². The molecule has 3 unspecified atom stereocenters. The van der Waals surface area contributed by atoms with Gasteiger partial charge in [-0.25, -0.2) is 0 Å². The molecule has 2 N–H and O–H groups in total. The molecule has 0 heterocycles. The molecule has 368 valence electrons. The molecule has 0 aromatic heterocycles. The number of aliphatic hydroxyl groups is 1. The maximum atomic E-state index is 12.9. The Hall–Kier alpha value is -1.02. The Balaban J connectivity index is 4.13. The molecule has 8 nitrogen and oxygen atoms in total. The average molecular weight is 897 g/mol. The van der Waals surface area contributed by atoms with E-state index in [0.717, 1.165) is 51.4 Å². The second-order valence-corrected chi connectivity index (χ2v) is 21.0. The fourth-order valence-corrected chi connectivity index (χ4v) is 8.64. The number of nitrogens with one attached hydrogen (secondary N) is 1. The molecule has 9 heteroatoms. The van der Waals surface area contributed by atoms with Crippen LogP contribution in [-0.2, 0) is 18.4 Å². The van der Waals surface area contributed by atoms with Gasteiger partial charge in [-0.3, -0.25) is 9.36 Å². The van der Waals surface area contributed by atoms with E-state index in [1.807, 2.05) is 27.2 Å². The second kappa shape index (κ2) is 45.1. The Morgan fingerprint density at radius 1 is 0.548 bits per heavy atom. The van der Waals surface area contributed by atoms with Crippen LogP contribution in [0.2, 0.25) is 0 Å². The van der Waals surface area contributed by atoms with Crippen molar-refractivity contribution in [3.63, 3.8) is 0 Å². The van der Waals surface area contributed by atoms with Crippen molar-refractivity contribution >= 4 is 13.7 Å². The van der Waals surface area contributed by atoms with Crippen molar-refractivity contribution in [1.82, 2.24) is 5.32 Å². The second-order valence-electron chi connectivity index (χ2n) is 19.6. The topological polar surface area (TPSA) is 108 Å². The zero-order valence-corrected chi connectivity index (χ0v) is 42.7. The summed E-state index contributed by atoms with van der Waals surface area (Å²) < 4.78 is 23.3. The maximum Gasteiger partial charge on any atom is 0.268 e. The maximum absolute atomic E-state index is 12.9. The summed E-state index contributed by atoms with van der Waals surface area (Å²) in [4.78, 5) is 25.3. The molecular weight excluding hydrogens is 792 g/mol. The molecule has 62 heavy (non-hydrogen) atoms. The van der Waals surface area contributed by atoms with E-state index in [-0.39, 0.29) is 19.1 Å². The third kappa shape index (κ3) is 47.0. The molecule has 0 aliphatic heterocycles. The molecule has 0 rings (SSSR count). The minimum Gasteiger partial charge on any atom is -0.756 e. The first-order chi connectivity index (χ1) is 30.0. The van der Waals surface area contributed by atoms with Crippen LogP contribution >= 0.6 is 7.82 Å². The van der Waals surface area contributed by atoms with Crippen molar-refractivity contribution in [2.24, 2.45) is 0 Å². The Kier molecular flexibility index (Phi) is 44.4. The minimum atomic E-state index is -4.59. The molecule has 0 aromatic rings. The van der Waals surface area contributed by atoms with Crippen LogP contribution in [-0.4, -0.2) is 68.5 Å². The summed E-state index contributed by atoms with van der Waals surface area (Å²) in [5, 5.41) is 13.8. The molecule has 0 aliphatic carbocycles. The van der Waals surface area contributed by atoms with Crippen molar-refractivity contribution in [2.75, 3.05) is 40.9 Å². The van der Waals surface area contributed by atoms with Gasteiger partial charge < -0.3 is 28.8 Å². The molecule has 0 radical (unpaired) electrons. The lowest BCUT2D eigenvalue weighted by Gasteiger charge is -2.29. The number of nitrogens with zero attached hydrogens (tertiary/aromatic N) is 1. The van der Waals surface area contributed by atoms with Gasteiger partial charge in [-0.15, -0.1) is 0 Å². The monoisotopic (exact) mass is 897 g/mol.